The quantitative estimate of drug-likeness (QED) is 0.528. The number of nitrogens with one attached hydrogen (secondary N) is 1. The van der Waals surface area contributed by atoms with Gasteiger partial charge in [-0.15, -0.1) is 0 Å². The molecule has 6 nitrogen and oxygen atoms in total. The number of aromatic nitrogens is 5. The van der Waals surface area contributed by atoms with Crippen molar-refractivity contribution in [3.63, 3.8) is 0 Å². The van der Waals surface area contributed by atoms with E-state index in [-0.39, 0.29) is 22.5 Å². The number of rotatable bonds is 1. The van der Waals surface area contributed by atoms with E-state index in [2.05, 4.69) is 25.0 Å². The molecule has 4 aromatic rings. The van der Waals surface area contributed by atoms with E-state index >= 15 is 0 Å². The Morgan fingerprint density at radius 2 is 2.00 bits per heavy atom. The summed E-state index contributed by atoms with van der Waals surface area (Å²) < 4.78 is 41.5. The van der Waals surface area contributed by atoms with Crippen LogP contribution in [0.1, 0.15) is 11.5 Å². The SMILES string of the molecule is [C-]#[N+]c1cc(-n2c(C(F)(F)F)nc3ccc(C)nc32)cc2cn[nH]c12. The Balaban J connectivity index is 2.13. The molecule has 0 saturated carbocycles. The molecule has 3 aromatic heterocycles. The normalized spacial score (nSPS) is 12.0. The van der Waals surface area contributed by atoms with Crippen molar-refractivity contribution in [1.82, 2.24) is 24.7 Å². The Labute approximate surface area is 138 Å². The lowest BCUT2D eigenvalue weighted by Gasteiger charge is -2.12. The average Bonchev–Trinajstić information content (AvgIpc) is 3.16. The molecule has 0 bridgehead atoms. The minimum atomic E-state index is -4.67. The van der Waals surface area contributed by atoms with Gasteiger partial charge in [0.25, 0.3) is 0 Å². The first-order chi connectivity index (χ1) is 11.9. The molecule has 0 radical (unpaired) electrons. The summed E-state index contributed by atoms with van der Waals surface area (Å²) in [6.45, 7) is 8.96. The molecule has 0 atom stereocenters. The molecular formula is C16H9F3N6. The van der Waals surface area contributed by atoms with Gasteiger partial charge in [0.05, 0.1) is 18.3 Å². The van der Waals surface area contributed by atoms with Gasteiger partial charge in [-0.05, 0) is 31.2 Å². The molecule has 1 N–H and O–H groups in total. The highest BCUT2D eigenvalue weighted by molar-refractivity contribution is 5.93. The Kier molecular flexibility index (Phi) is 3.05. The van der Waals surface area contributed by atoms with Crippen molar-refractivity contribution in [2.24, 2.45) is 0 Å². The van der Waals surface area contributed by atoms with E-state index in [1.165, 1.54) is 24.4 Å². The molecule has 0 fully saturated rings. The second kappa shape index (κ2) is 5.04. The van der Waals surface area contributed by atoms with Gasteiger partial charge in [-0.3, -0.25) is 9.67 Å². The first-order valence-electron chi connectivity index (χ1n) is 7.17. The zero-order valence-corrected chi connectivity index (χ0v) is 12.8. The van der Waals surface area contributed by atoms with Crippen molar-refractivity contribution in [3.8, 4) is 5.69 Å². The summed E-state index contributed by atoms with van der Waals surface area (Å²) in [6, 6.07) is 5.99. The molecule has 1 aromatic carbocycles. The number of aromatic amines is 1. The molecule has 4 rings (SSSR count). The summed E-state index contributed by atoms with van der Waals surface area (Å²) in [4.78, 5) is 11.3. The number of hydrogen-bond acceptors (Lipinski definition) is 3. The first-order valence-corrected chi connectivity index (χ1v) is 7.17. The van der Waals surface area contributed by atoms with Crippen molar-refractivity contribution in [1.29, 1.82) is 0 Å². The molecule has 0 aliphatic rings. The largest absolute Gasteiger partial charge is 0.450 e. The van der Waals surface area contributed by atoms with E-state index in [0.29, 0.717) is 16.6 Å². The maximum atomic E-state index is 13.5. The average molecular weight is 342 g/mol. The van der Waals surface area contributed by atoms with E-state index in [4.69, 9.17) is 6.57 Å². The number of halogens is 3. The zero-order chi connectivity index (χ0) is 17.8. The fourth-order valence-corrected chi connectivity index (χ4v) is 2.73. The predicted molar refractivity (Wildman–Crippen MR) is 84.5 cm³/mol. The van der Waals surface area contributed by atoms with E-state index in [0.717, 1.165) is 4.57 Å². The van der Waals surface area contributed by atoms with Crippen molar-refractivity contribution < 1.29 is 13.2 Å². The van der Waals surface area contributed by atoms with Gasteiger partial charge in [0, 0.05) is 16.8 Å². The van der Waals surface area contributed by atoms with Crippen LogP contribution in [0.4, 0.5) is 18.9 Å². The van der Waals surface area contributed by atoms with E-state index in [9.17, 15) is 13.2 Å². The third-order valence-corrected chi connectivity index (χ3v) is 3.79. The molecule has 3 heterocycles. The number of pyridine rings is 1. The van der Waals surface area contributed by atoms with Crippen LogP contribution in [0, 0.1) is 13.5 Å². The van der Waals surface area contributed by atoms with Crippen LogP contribution in [0.15, 0.2) is 30.5 Å². The van der Waals surface area contributed by atoms with Crippen LogP contribution in [0.5, 0.6) is 0 Å². The standard InChI is InChI=1S/C16H9F3N6/c1-8-3-4-11-14(22-8)25(15(23-11)16(17,18)19)10-5-9-7-21-24-13(9)12(6-10)20-2/h3-7H,1H3,(H,21,24). The highest BCUT2D eigenvalue weighted by Gasteiger charge is 2.38. The molecule has 25 heavy (non-hydrogen) atoms. The van der Waals surface area contributed by atoms with Crippen molar-refractivity contribution >= 4 is 27.8 Å². The second-order valence-electron chi connectivity index (χ2n) is 5.47. The van der Waals surface area contributed by atoms with Crippen LogP contribution in [-0.2, 0) is 6.18 Å². The third-order valence-electron chi connectivity index (χ3n) is 3.79. The number of nitrogens with zero attached hydrogens (tertiary/aromatic N) is 5. The maximum Gasteiger partial charge on any atom is 0.450 e. The number of hydrogen-bond donors (Lipinski definition) is 1. The van der Waals surface area contributed by atoms with Gasteiger partial charge in [0.1, 0.15) is 5.52 Å². The third kappa shape index (κ3) is 2.30. The van der Waals surface area contributed by atoms with Crippen molar-refractivity contribution in [2.75, 3.05) is 0 Å². The van der Waals surface area contributed by atoms with Crippen molar-refractivity contribution in [2.45, 2.75) is 13.1 Å². The monoisotopic (exact) mass is 342 g/mol. The Hall–Kier alpha value is -3.41. The van der Waals surface area contributed by atoms with Gasteiger partial charge in [-0.25, -0.2) is 14.8 Å². The lowest BCUT2D eigenvalue weighted by molar-refractivity contribution is -0.145. The smallest absolute Gasteiger partial charge is 0.288 e. The summed E-state index contributed by atoms with van der Waals surface area (Å²) in [5.74, 6) is -1.08. The van der Waals surface area contributed by atoms with E-state index in [1.54, 1.807) is 13.0 Å². The minimum Gasteiger partial charge on any atom is -0.288 e. The Bertz CT molecular complexity index is 1160. The summed E-state index contributed by atoms with van der Waals surface area (Å²) >= 11 is 0. The van der Waals surface area contributed by atoms with Crippen LogP contribution < -0.4 is 0 Å². The van der Waals surface area contributed by atoms with Gasteiger partial charge in [0.2, 0.25) is 11.5 Å². The van der Waals surface area contributed by atoms with E-state index < -0.39 is 12.0 Å². The number of H-pyrrole nitrogens is 1. The first kappa shape index (κ1) is 15.1. The fourth-order valence-electron chi connectivity index (χ4n) is 2.73. The minimum absolute atomic E-state index is 0.0890. The Morgan fingerprint density at radius 3 is 2.72 bits per heavy atom. The lowest BCUT2D eigenvalue weighted by Crippen LogP contribution is -2.14. The molecule has 124 valence electrons. The molecule has 0 unspecified atom stereocenters. The number of benzene rings is 1. The van der Waals surface area contributed by atoms with E-state index in [1.807, 2.05) is 0 Å². The molecular weight excluding hydrogens is 333 g/mol. The summed E-state index contributed by atoms with van der Waals surface area (Å²) in [7, 11) is 0. The summed E-state index contributed by atoms with van der Waals surface area (Å²) in [6.07, 6.45) is -3.21. The molecule has 9 heteroatoms. The molecule has 0 aliphatic carbocycles. The number of alkyl halides is 3. The van der Waals surface area contributed by atoms with Gasteiger partial charge in [0.15, 0.2) is 5.65 Å². The second-order valence-corrected chi connectivity index (χ2v) is 5.47. The predicted octanol–water partition coefficient (Wildman–Crippen LogP) is 4.17. The lowest BCUT2D eigenvalue weighted by atomic mass is 10.2. The van der Waals surface area contributed by atoms with Crippen molar-refractivity contribution in [3.05, 3.63) is 53.4 Å². The molecule has 0 aliphatic heterocycles. The van der Waals surface area contributed by atoms with Gasteiger partial charge >= 0.3 is 6.18 Å². The van der Waals surface area contributed by atoms with Crippen LogP contribution in [-0.4, -0.2) is 24.7 Å². The highest BCUT2D eigenvalue weighted by Crippen LogP contribution is 2.36. The number of fused-ring (bicyclic) bond motifs is 2. The summed E-state index contributed by atoms with van der Waals surface area (Å²) in [5, 5.41) is 7.06. The van der Waals surface area contributed by atoms with Crippen LogP contribution >= 0.6 is 0 Å². The van der Waals surface area contributed by atoms with Crippen LogP contribution in [0.2, 0.25) is 0 Å². The van der Waals surface area contributed by atoms with Gasteiger partial charge in [-0.2, -0.15) is 18.3 Å². The summed E-state index contributed by atoms with van der Waals surface area (Å²) in [5.41, 5.74) is 1.60. The molecule has 0 amide bonds. The number of imidazole rings is 1. The van der Waals surface area contributed by atoms with Gasteiger partial charge < -0.3 is 0 Å². The van der Waals surface area contributed by atoms with Gasteiger partial charge in [-0.1, -0.05) is 0 Å². The molecule has 0 spiro atoms. The Morgan fingerprint density at radius 1 is 1.20 bits per heavy atom. The molecule has 0 saturated heterocycles. The fraction of sp³-hybridized carbons (Fsp3) is 0.125. The van der Waals surface area contributed by atoms with Crippen LogP contribution in [0.3, 0.4) is 0 Å². The topological polar surface area (TPSA) is 63.8 Å². The number of aryl methyl sites for hydroxylation is 1. The maximum absolute atomic E-state index is 13.5. The highest BCUT2D eigenvalue weighted by atomic mass is 19.4. The van der Waals surface area contributed by atoms with Crippen LogP contribution in [0.25, 0.3) is 32.6 Å². The zero-order valence-electron chi connectivity index (χ0n) is 12.8.